The van der Waals surface area contributed by atoms with Crippen molar-refractivity contribution in [1.29, 1.82) is 0 Å². The van der Waals surface area contributed by atoms with E-state index in [1.54, 1.807) is 20.8 Å². The standard InChI is InChI=1S/C13H17F3N2O4S/c1-12(2,3)22-11(19)17-8-9-4-6-10(7-5-9)18-23(20,21)13(14,15)16/h4-7,18H,8H2,1-3H3,(H,17,19). The minimum absolute atomic E-state index is 0.0845. The van der Waals surface area contributed by atoms with Crippen LogP contribution in [0.5, 0.6) is 0 Å². The Balaban J connectivity index is 2.63. The average molecular weight is 354 g/mol. The summed E-state index contributed by atoms with van der Waals surface area (Å²) in [5, 5.41) is 2.47. The second-order valence-electron chi connectivity index (χ2n) is 5.60. The molecule has 10 heteroatoms. The van der Waals surface area contributed by atoms with Crippen LogP contribution in [-0.2, 0) is 21.3 Å². The van der Waals surface area contributed by atoms with E-state index >= 15 is 0 Å². The van der Waals surface area contributed by atoms with Gasteiger partial charge in [-0.3, -0.25) is 4.72 Å². The molecule has 0 saturated carbocycles. The van der Waals surface area contributed by atoms with Crippen LogP contribution in [0.25, 0.3) is 0 Å². The fraction of sp³-hybridized carbons (Fsp3) is 0.462. The molecule has 1 aromatic carbocycles. The number of amides is 1. The third kappa shape index (κ3) is 6.35. The molecule has 1 amide bonds. The number of benzene rings is 1. The van der Waals surface area contributed by atoms with E-state index in [2.05, 4.69) is 5.32 Å². The molecule has 0 spiro atoms. The Morgan fingerprint density at radius 3 is 2.09 bits per heavy atom. The molecule has 0 aliphatic rings. The molecule has 0 fully saturated rings. The Morgan fingerprint density at radius 2 is 1.65 bits per heavy atom. The smallest absolute Gasteiger partial charge is 0.444 e. The summed E-state index contributed by atoms with van der Waals surface area (Å²) in [4.78, 5) is 11.4. The summed E-state index contributed by atoms with van der Waals surface area (Å²) in [7, 11) is -5.45. The summed E-state index contributed by atoms with van der Waals surface area (Å²) < 4.78 is 65.0. The Kier molecular flexibility index (Phi) is 5.51. The van der Waals surface area contributed by atoms with Gasteiger partial charge in [0.15, 0.2) is 0 Å². The quantitative estimate of drug-likeness (QED) is 0.871. The van der Waals surface area contributed by atoms with Crippen molar-refractivity contribution in [3.63, 3.8) is 0 Å². The van der Waals surface area contributed by atoms with Crippen molar-refractivity contribution in [1.82, 2.24) is 5.32 Å². The van der Waals surface area contributed by atoms with Gasteiger partial charge in [0.25, 0.3) is 0 Å². The number of carbonyl (C=O) groups is 1. The van der Waals surface area contributed by atoms with Crippen LogP contribution in [0.4, 0.5) is 23.7 Å². The fourth-order valence-corrected chi connectivity index (χ4v) is 1.95. The van der Waals surface area contributed by atoms with Crippen LogP contribution >= 0.6 is 0 Å². The van der Waals surface area contributed by atoms with Crippen LogP contribution in [0.2, 0.25) is 0 Å². The second-order valence-corrected chi connectivity index (χ2v) is 7.28. The summed E-state index contributed by atoms with van der Waals surface area (Å²) in [5.41, 5.74) is -5.71. The molecule has 0 atom stereocenters. The maximum Gasteiger partial charge on any atom is 0.516 e. The van der Waals surface area contributed by atoms with Crippen molar-refractivity contribution in [2.45, 2.75) is 38.4 Å². The Bertz CT molecular complexity index is 649. The molecule has 1 rings (SSSR count). The number of nitrogens with one attached hydrogen (secondary N) is 2. The van der Waals surface area contributed by atoms with Crippen LogP contribution in [0.15, 0.2) is 24.3 Å². The fourth-order valence-electron chi connectivity index (χ4n) is 1.39. The predicted molar refractivity (Wildman–Crippen MR) is 78.1 cm³/mol. The van der Waals surface area contributed by atoms with Crippen molar-refractivity contribution in [2.75, 3.05) is 4.72 Å². The lowest BCUT2D eigenvalue weighted by Crippen LogP contribution is -2.32. The largest absolute Gasteiger partial charge is 0.516 e. The Labute approximate surface area is 132 Å². The van der Waals surface area contributed by atoms with Gasteiger partial charge in [0.05, 0.1) is 0 Å². The van der Waals surface area contributed by atoms with Crippen LogP contribution in [0.3, 0.4) is 0 Å². The van der Waals surface area contributed by atoms with Gasteiger partial charge in [0.1, 0.15) is 5.60 Å². The first-order valence-corrected chi connectivity index (χ1v) is 7.93. The number of alkyl carbamates (subject to hydrolysis) is 1. The molecule has 23 heavy (non-hydrogen) atoms. The average Bonchev–Trinajstić information content (AvgIpc) is 2.34. The molecule has 1 aromatic rings. The van der Waals surface area contributed by atoms with Crippen LogP contribution < -0.4 is 10.0 Å². The maximum absolute atomic E-state index is 12.2. The van der Waals surface area contributed by atoms with Gasteiger partial charge in [-0.2, -0.15) is 21.6 Å². The second kappa shape index (κ2) is 6.65. The number of hydrogen-bond acceptors (Lipinski definition) is 4. The summed E-state index contributed by atoms with van der Waals surface area (Å²) >= 11 is 0. The highest BCUT2D eigenvalue weighted by Crippen LogP contribution is 2.25. The number of sulfonamides is 1. The molecule has 0 saturated heterocycles. The van der Waals surface area contributed by atoms with E-state index in [1.165, 1.54) is 16.9 Å². The lowest BCUT2D eigenvalue weighted by atomic mass is 10.2. The summed E-state index contributed by atoms with van der Waals surface area (Å²) in [5.74, 6) is 0. The van der Waals surface area contributed by atoms with Gasteiger partial charge in [0.2, 0.25) is 0 Å². The number of halogens is 3. The van der Waals surface area contributed by atoms with Crippen molar-refractivity contribution < 1.29 is 31.1 Å². The SMILES string of the molecule is CC(C)(C)OC(=O)NCc1ccc(NS(=O)(=O)C(F)(F)F)cc1. The molecule has 6 nitrogen and oxygen atoms in total. The van der Waals surface area contributed by atoms with Crippen LogP contribution in [0.1, 0.15) is 26.3 Å². The lowest BCUT2D eigenvalue weighted by molar-refractivity contribution is -0.0429. The molecule has 0 heterocycles. The lowest BCUT2D eigenvalue weighted by Gasteiger charge is -2.19. The number of alkyl halides is 3. The van der Waals surface area contributed by atoms with Crippen molar-refractivity contribution in [3.05, 3.63) is 29.8 Å². The van der Waals surface area contributed by atoms with E-state index in [0.29, 0.717) is 5.56 Å². The van der Waals surface area contributed by atoms with Crippen LogP contribution in [0, 0.1) is 0 Å². The summed E-state index contributed by atoms with van der Waals surface area (Å²) in [6, 6.07) is 5.09. The maximum atomic E-state index is 12.2. The monoisotopic (exact) mass is 354 g/mol. The molecule has 130 valence electrons. The first kappa shape index (κ1) is 19.1. The topological polar surface area (TPSA) is 84.5 Å². The third-order valence-corrected chi connectivity index (χ3v) is 3.46. The Morgan fingerprint density at radius 1 is 1.13 bits per heavy atom. The molecule has 0 aliphatic carbocycles. The Hall–Kier alpha value is -1.97. The highest BCUT2D eigenvalue weighted by Gasteiger charge is 2.45. The van der Waals surface area contributed by atoms with Crippen LogP contribution in [-0.4, -0.2) is 25.6 Å². The zero-order valence-corrected chi connectivity index (χ0v) is 13.5. The molecular formula is C13H17F3N2O4S. The highest BCUT2D eigenvalue weighted by atomic mass is 32.2. The van der Waals surface area contributed by atoms with Gasteiger partial charge >= 0.3 is 21.6 Å². The van der Waals surface area contributed by atoms with Gasteiger partial charge in [-0.05, 0) is 38.5 Å². The normalized spacial score (nSPS) is 12.6. The number of carbonyl (C=O) groups excluding carboxylic acids is 1. The van der Waals surface area contributed by atoms with E-state index in [4.69, 9.17) is 4.74 Å². The van der Waals surface area contributed by atoms with E-state index in [0.717, 1.165) is 12.1 Å². The van der Waals surface area contributed by atoms with Gasteiger partial charge in [-0.25, -0.2) is 4.79 Å². The van der Waals surface area contributed by atoms with Gasteiger partial charge in [-0.1, -0.05) is 12.1 Å². The molecule has 2 N–H and O–H groups in total. The number of hydrogen-bond donors (Lipinski definition) is 2. The highest BCUT2D eigenvalue weighted by molar-refractivity contribution is 7.93. The minimum atomic E-state index is -5.45. The number of rotatable bonds is 4. The van der Waals surface area contributed by atoms with Crippen molar-refractivity contribution in [2.24, 2.45) is 0 Å². The third-order valence-electron chi connectivity index (χ3n) is 2.35. The first-order chi connectivity index (χ1) is 10.3. The zero-order chi connectivity index (χ0) is 17.9. The van der Waals surface area contributed by atoms with E-state index in [-0.39, 0.29) is 12.2 Å². The molecule has 0 unspecified atom stereocenters. The van der Waals surface area contributed by atoms with Gasteiger partial charge in [-0.15, -0.1) is 0 Å². The number of ether oxygens (including phenoxy) is 1. The molecule has 0 aromatic heterocycles. The van der Waals surface area contributed by atoms with Gasteiger partial charge in [0, 0.05) is 12.2 Å². The first-order valence-electron chi connectivity index (χ1n) is 6.45. The van der Waals surface area contributed by atoms with E-state index in [1.807, 2.05) is 0 Å². The summed E-state index contributed by atoms with van der Waals surface area (Å²) in [6.07, 6.45) is -0.639. The molecule has 0 bridgehead atoms. The number of anilines is 1. The van der Waals surface area contributed by atoms with Crippen molar-refractivity contribution in [3.8, 4) is 0 Å². The predicted octanol–water partition coefficient (Wildman–Crippen LogP) is 2.97. The van der Waals surface area contributed by atoms with E-state index < -0.39 is 27.2 Å². The summed E-state index contributed by atoms with van der Waals surface area (Å²) in [6.45, 7) is 5.19. The molecular weight excluding hydrogens is 337 g/mol. The van der Waals surface area contributed by atoms with Crippen molar-refractivity contribution >= 4 is 21.8 Å². The molecule has 0 radical (unpaired) electrons. The minimum Gasteiger partial charge on any atom is -0.444 e. The van der Waals surface area contributed by atoms with Gasteiger partial charge < -0.3 is 10.1 Å². The molecule has 0 aliphatic heterocycles. The zero-order valence-electron chi connectivity index (χ0n) is 12.7. The van der Waals surface area contributed by atoms with E-state index in [9.17, 15) is 26.4 Å².